The largest absolute Gasteiger partial charge is 0.497 e. The number of carbonyl (C=O) groups excluding carboxylic acids is 1. The average Bonchev–Trinajstić information content (AvgIpc) is 3.29. The number of nitrogens with one attached hydrogen (secondary N) is 2. The van der Waals surface area contributed by atoms with E-state index in [-0.39, 0.29) is 5.91 Å². The second-order valence-electron chi connectivity index (χ2n) is 7.46. The summed E-state index contributed by atoms with van der Waals surface area (Å²) in [6, 6.07) is 16.2. The highest BCUT2D eigenvalue weighted by Gasteiger charge is 2.13. The first-order chi connectivity index (χ1) is 17.1. The molecule has 0 saturated heterocycles. The highest BCUT2D eigenvalue weighted by Crippen LogP contribution is 2.36. The summed E-state index contributed by atoms with van der Waals surface area (Å²) in [4.78, 5) is 26.0. The van der Waals surface area contributed by atoms with Gasteiger partial charge in [-0.1, -0.05) is 11.3 Å². The van der Waals surface area contributed by atoms with Gasteiger partial charge in [0.2, 0.25) is 0 Å². The molecular weight excluding hydrogens is 466 g/mol. The molecule has 35 heavy (non-hydrogen) atoms. The molecule has 5 aromatic rings. The lowest BCUT2D eigenvalue weighted by atomic mass is 10.2. The van der Waals surface area contributed by atoms with Crippen LogP contribution in [-0.2, 0) is 0 Å². The molecule has 5 rings (SSSR count). The van der Waals surface area contributed by atoms with Crippen molar-refractivity contribution >= 4 is 55.0 Å². The van der Waals surface area contributed by atoms with Gasteiger partial charge < -0.3 is 24.8 Å². The van der Waals surface area contributed by atoms with Crippen molar-refractivity contribution in [2.24, 2.45) is 0 Å². The molecule has 176 valence electrons. The number of fused-ring (bicyclic) bond motifs is 2. The summed E-state index contributed by atoms with van der Waals surface area (Å²) in [5, 5.41) is 7.64. The minimum absolute atomic E-state index is 0.202. The molecule has 2 heterocycles. The number of carbonyl (C=O) groups is 1. The maximum atomic E-state index is 12.6. The van der Waals surface area contributed by atoms with Gasteiger partial charge in [-0.25, -0.2) is 15.0 Å². The number of ether oxygens (including phenoxy) is 3. The van der Waals surface area contributed by atoms with Crippen molar-refractivity contribution in [3.8, 4) is 17.2 Å². The van der Waals surface area contributed by atoms with Gasteiger partial charge in [-0.2, -0.15) is 0 Å². The smallest absolute Gasteiger partial charge is 0.255 e. The van der Waals surface area contributed by atoms with Crippen molar-refractivity contribution in [1.29, 1.82) is 0 Å². The quantitative estimate of drug-likeness (QED) is 0.320. The maximum Gasteiger partial charge on any atom is 0.255 e. The minimum Gasteiger partial charge on any atom is -0.497 e. The molecule has 0 atom stereocenters. The zero-order valence-corrected chi connectivity index (χ0v) is 20.0. The van der Waals surface area contributed by atoms with Gasteiger partial charge in [0.15, 0.2) is 16.6 Å². The number of thiazole rings is 1. The second-order valence-corrected chi connectivity index (χ2v) is 8.49. The fourth-order valence-corrected chi connectivity index (χ4v) is 4.49. The molecule has 10 heteroatoms. The predicted molar refractivity (Wildman–Crippen MR) is 136 cm³/mol. The summed E-state index contributed by atoms with van der Waals surface area (Å²) in [5.74, 6) is 2.27. The van der Waals surface area contributed by atoms with E-state index < -0.39 is 0 Å². The number of benzene rings is 3. The molecular formula is C25H21N5O4S. The highest BCUT2D eigenvalue weighted by molar-refractivity contribution is 7.22. The standard InChI is InChI=1S/C25H21N5O4S/c1-32-16-7-4-14(5-8-16)24(31)28-15-6-9-18-22(10-15)35-25(29-18)30-23-17-11-20(33-2)21(34-3)12-19(17)26-13-27-23/h4-13H,1-3H3,(H,28,31)(H,26,27,29,30). The van der Waals surface area contributed by atoms with Gasteiger partial charge in [0.1, 0.15) is 17.9 Å². The lowest BCUT2D eigenvalue weighted by Gasteiger charge is -2.10. The monoisotopic (exact) mass is 487 g/mol. The molecule has 3 aromatic carbocycles. The van der Waals surface area contributed by atoms with Crippen LogP contribution in [0.4, 0.5) is 16.6 Å². The Labute approximate surface area is 204 Å². The molecule has 0 spiro atoms. The molecule has 9 nitrogen and oxygen atoms in total. The van der Waals surface area contributed by atoms with E-state index in [1.165, 1.54) is 17.7 Å². The van der Waals surface area contributed by atoms with E-state index >= 15 is 0 Å². The fourth-order valence-electron chi connectivity index (χ4n) is 3.59. The summed E-state index contributed by atoms with van der Waals surface area (Å²) < 4.78 is 16.8. The van der Waals surface area contributed by atoms with Crippen molar-refractivity contribution < 1.29 is 19.0 Å². The molecule has 0 radical (unpaired) electrons. The first-order valence-electron chi connectivity index (χ1n) is 10.6. The molecule has 0 fully saturated rings. The van der Waals surface area contributed by atoms with E-state index in [4.69, 9.17) is 14.2 Å². The lowest BCUT2D eigenvalue weighted by Crippen LogP contribution is -2.11. The molecule has 0 saturated carbocycles. The number of aromatic nitrogens is 3. The molecule has 2 aromatic heterocycles. The summed E-state index contributed by atoms with van der Waals surface area (Å²) in [7, 11) is 4.75. The predicted octanol–water partition coefficient (Wildman–Crippen LogP) is 5.26. The Morgan fingerprint density at radius 3 is 2.37 bits per heavy atom. The number of hydrogen-bond acceptors (Lipinski definition) is 9. The van der Waals surface area contributed by atoms with Crippen molar-refractivity contribution in [1.82, 2.24) is 15.0 Å². The number of anilines is 3. The fraction of sp³-hybridized carbons (Fsp3) is 0.120. The third-order valence-electron chi connectivity index (χ3n) is 5.36. The van der Waals surface area contributed by atoms with Gasteiger partial charge in [-0.05, 0) is 48.5 Å². The SMILES string of the molecule is COc1ccc(C(=O)Nc2ccc3nc(Nc4ncnc5cc(OC)c(OC)cc45)sc3c2)cc1. The third-order valence-corrected chi connectivity index (χ3v) is 6.30. The van der Waals surface area contributed by atoms with Crippen molar-refractivity contribution in [2.75, 3.05) is 32.0 Å². The third kappa shape index (κ3) is 4.51. The van der Waals surface area contributed by atoms with E-state index in [1.54, 1.807) is 51.7 Å². The van der Waals surface area contributed by atoms with Gasteiger partial charge in [0.05, 0.1) is 37.1 Å². The Bertz CT molecular complexity index is 1540. The van der Waals surface area contributed by atoms with Crippen LogP contribution in [-0.4, -0.2) is 42.2 Å². The number of hydrogen-bond donors (Lipinski definition) is 2. The van der Waals surface area contributed by atoms with Crippen LogP contribution in [0.15, 0.2) is 60.9 Å². The van der Waals surface area contributed by atoms with E-state index in [1.807, 2.05) is 24.3 Å². The van der Waals surface area contributed by atoms with E-state index in [0.29, 0.717) is 45.0 Å². The average molecular weight is 488 g/mol. The first kappa shape index (κ1) is 22.4. The summed E-state index contributed by atoms with van der Waals surface area (Å²) in [6.07, 6.45) is 1.48. The van der Waals surface area contributed by atoms with Gasteiger partial charge in [-0.15, -0.1) is 0 Å². The van der Waals surface area contributed by atoms with E-state index in [9.17, 15) is 4.79 Å². The number of methoxy groups -OCH3 is 3. The van der Waals surface area contributed by atoms with Crippen LogP contribution in [0.3, 0.4) is 0 Å². The molecule has 1 amide bonds. The second kappa shape index (κ2) is 9.43. The molecule has 0 aliphatic heterocycles. The molecule has 0 bridgehead atoms. The van der Waals surface area contributed by atoms with Gasteiger partial charge >= 0.3 is 0 Å². The lowest BCUT2D eigenvalue weighted by molar-refractivity contribution is 0.102. The number of rotatable bonds is 7. The Hall–Kier alpha value is -4.44. The van der Waals surface area contributed by atoms with Crippen LogP contribution in [0.25, 0.3) is 21.1 Å². The van der Waals surface area contributed by atoms with Crippen molar-refractivity contribution in [3.63, 3.8) is 0 Å². The Balaban J connectivity index is 1.39. The Morgan fingerprint density at radius 1 is 0.857 bits per heavy atom. The summed E-state index contributed by atoms with van der Waals surface area (Å²) >= 11 is 1.45. The van der Waals surface area contributed by atoms with Crippen LogP contribution >= 0.6 is 11.3 Å². The summed E-state index contributed by atoms with van der Waals surface area (Å²) in [5.41, 5.74) is 2.74. The molecule has 0 unspecified atom stereocenters. The zero-order valence-electron chi connectivity index (χ0n) is 19.2. The number of nitrogens with zero attached hydrogens (tertiary/aromatic N) is 3. The van der Waals surface area contributed by atoms with Gasteiger partial charge in [-0.3, -0.25) is 4.79 Å². The highest BCUT2D eigenvalue weighted by atomic mass is 32.1. The first-order valence-corrected chi connectivity index (χ1v) is 11.4. The molecule has 2 N–H and O–H groups in total. The molecule has 0 aliphatic rings. The van der Waals surface area contributed by atoms with Crippen molar-refractivity contribution in [3.05, 3.63) is 66.5 Å². The van der Waals surface area contributed by atoms with Crippen LogP contribution in [0.2, 0.25) is 0 Å². The Kier molecular flexibility index (Phi) is 6.02. The van der Waals surface area contributed by atoms with Gasteiger partial charge in [0.25, 0.3) is 5.91 Å². The minimum atomic E-state index is -0.202. The van der Waals surface area contributed by atoms with E-state index in [0.717, 1.165) is 15.6 Å². The van der Waals surface area contributed by atoms with Crippen LogP contribution in [0.1, 0.15) is 10.4 Å². The van der Waals surface area contributed by atoms with Crippen LogP contribution in [0.5, 0.6) is 17.2 Å². The zero-order chi connectivity index (χ0) is 24.4. The maximum absolute atomic E-state index is 12.6. The van der Waals surface area contributed by atoms with Crippen LogP contribution in [0, 0.1) is 0 Å². The van der Waals surface area contributed by atoms with Crippen LogP contribution < -0.4 is 24.8 Å². The van der Waals surface area contributed by atoms with E-state index in [2.05, 4.69) is 25.6 Å². The number of amides is 1. The Morgan fingerprint density at radius 2 is 1.63 bits per heavy atom. The molecule has 0 aliphatic carbocycles. The van der Waals surface area contributed by atoms with Gasteiger partial charge in [0, 0.05) is 22.7 Å². The summed E-state index contributed by atoms with van der Waals surface area (Å²) in [6.45, 7) is 0. The topological polar surface area (TPSA) is 107 Å². The van der Waals surface area contributed by atoms with Crippen molar-refractivity contribution in [2.45, 2.75) is 0 Å². The normalized spacial score (nSPS) is 10.8.